The van der Waals surface area contributed by atoms with Crippen molar-refractivity contribution >= 4 is 68.4 Å². The summed E-state index contributed by atoms with van der Waals surface area (Å²) in [5.74, 6) is 0.981. The number of nitrogens with zero attached hydrogens (tertiary/aromatic N) is 9. The highest BCUT2D eigenvalue weighted by Gasteiger charge is 2.35. The van der Waals surface area contributed by atoms with E-state index in [0.717, 1.165) is 32.8 Å². The lowest BCUT2D eigenvalue weighted by molar-refractivity contribution is -0.141. The summed E-state index contributed by atoms with van der Waals surface area (Å²) in [6, 6.07) is 15.3. The Labute approximate surface area is 503 Å². The number of fused-ring (bicyclic) bond motifs is 6. The molecule has 456 valence electrons. The molecule has 0 bridgehead atoms. The van der Waals surface area contributed by atoms with E-state index in [9.17, 15) is 19.2 Å². The number of hydrogen-bond acceptors (Lipinski definition) is 21. The molecule has 0 saturated heterocycles. The zero-order valence-electron chi connectivity index (χ0n) is 48.8. The molecule has 7 heterocycles. The number of esters is 1. The van der Waals surface area contributed by atoms with Gasteiger partial charge >= 0.3 is 11.7 Å². The fourth-order valence-electron chi connectivity index (χ4n) is 9.88. The molecule has 0 fully saturated rings. The molecule has 25 nitrogen and oxygen atoms in total. The molecule has 9 rings (SSSR count). The van der Waals surface area contributed by atoms with Crippen LogP contribution in [0.5, 0.6) is 5.75 Å². The van der Waals surface area contributed by atoms with Crippen LogP contribution >= 0.6 is 22.9 Å². The maximum Gasteiger partial charge on any atom is 0.330 e. The number of hydrogen-bond donors (Lipinski definition) is 2. The van der Waals surface area contributed by atoms with E-state index in [2.05, 4.69) is 31.1 Å². The number of halogens is 1. The van der Waals surface area contributed by atoms with Gasteiger partial charge in [-0.25, -0.2) is 10.3 Å². The van der Waals surface area contributed by atoms with Gasteiger partial charge in [-0.15, -0.1) is 21.5 Å². The van der Waals surface area contributed by atoms with Gasteiger partial charge in [0.1, 0.15) is 34.9 Å². The average molecular weight is 1220 g/mol. The molecular formula is C59H68ClN11O14S. The van der Waals surface area contributed by atoms with E-state index in [1.165, 1.54) is 23.0 Å². The van der Waals surface area contributed by atoms with Crippen LogP contribution in [0.25, 0.3) is 38.1 Å². The maximum absolute atomic E-state index is 14.3. The minimum atomic E-state index is -0.676. The number of carbonyl (C=O) groups is 3. The van der Waals surface area contributed by atoms with Crippen LogP contribution in [0, 0.1) is 27.7 Å². The van der Waals surface area contributed by atoms with Crippen molar-refractivity contribution in [1.82, 2.24) is 49.8 Å². The first kappa shape index (κ1) is 62.7. The van der Waals surface area contributed by atoms with E-state index < -0.39 is 29.6 Å². The lowest BCUT2D eigenvalue weighted by atomic mass is 9.99. The van der Waals surface area contributed by atoms with Crippen molar-refractivity contribution in [3.8, 4) is 21.9 Å². The number of ether oxygens (including phenoxy) is 8. The molecule has 2 N–H and O–H groups in total. The molecular weight excluding hydrogens is 1150 g/mol. The zero-order valence-corrected chi connectivity index (χ0v) is 50.4. The van der Waals surface area contributed by atoms with Gasteiger partial charge in [0.25, 0.3) is 11.8 Å². The lowest BCUT2D eigenvalue weighted by Crippen LogP contribution is -2.34. The van der Waals surface area contributed by atoms with E-state index in [4.69, 9.17) is 68.8 Å². The molecule has 1 aliphatic rings. The van der Waals surface area contributed by atoms with E-state index in [-0.39, 0.29) is 45.2 Å². The standard InChI is InChI=1S/C59H68ClN11O14S/c1-35-51-53(40-11-13-41(60)14-12-40)64-46(32-50(73)77-7)56-66-65-39(5)71(56)58(51)86-55(35)57(74)62-16-17-78-18-19-79-20-21-80-22-23-81-24-25-82-26-27-83-28-29-84-68-49(72)34-69-47-33-63-45-30-43(52-36(2)67-85-38(52)4)48(76-6)31-42(45)54(47)70(59(69)75)37(3)44-10-8-9-15-61-44/h8-15,30-31,33,37,46H,16-29,32,34H2,1-7H3,(H,62,74)(H,68,72). The monoisotopic (exact) mass is 1220 g/mol. The molecule has 8 aromatic rings. The van der Waals surface area contributed by atoms with Crippen molar-refractivity contribution in [2.24, 2.45) is 4.99 Å². The Morgan fingerprint density at radius 1 is 0.802 bits per heavy atom. The maximum atomic E-state index is 14.3. The van der Waals surface area contributed by atoms with Crippen molar-refractivity contribution < 1.29 is 61.6 Å². The number of benzene rings is 2. The van der Waals surface area contributed by atoms with Crippen LogP contribution in [0.4, 0.5) is 0 Å². The van der Waals surface area contributed by atoms with E-state index in [0.29, 0.717) is 138 Å². The first-order chi connectivity index (χ1) is 41.8. The highest BCUT2D eigenvalue weighted by Crippen LogP contribution is 2.42. The Bertz CT molecular complexity index is 3710. The summed E-state index contributed by atoms with van der Waals surface area (Å²) in [4.78, 5) is 73.8. The highest BCUT2D eigenvalue weighted by atomic mass is 35.5. The van der Waals surface area contributed by atoms with Crippen LogP contribution in [0.2, 0.25) is 5.02 Å². The summed E-state index contributed by atoms with van der Waals surface area (Å²) in [6.45, 7) is 13.3. The van der Waals surface area contributed by atoms with Crippen LogP contribution in [0.15, 0.2) is 81.3 Å². The smallest absolute Gasteiger partial charge is 0.330 e. The number of hydroxylamine groups is 1. The molecule has 86 heavy (non-hydrogen) atoms. The fraction of sp³-hybridized carbons (Fsp3) is 0.424. The predicted molar refractivity (Wildman–Crippen MR) is 318 cm³/mol. The number of imidazole rings is 1. The van der Waals surface area contributed by atoms with Crippen LogP contribution in [-0.4, -0.2) is 169 Å². The minimum Gasteiger partial charge on any atom is -0.496 e. The van der Waals surface area contributed by atoms with Crippen molar-refractivity contribution in [2.45, 2.75) is 59.7 Å². The van der Waals surface area contributed by atoms with Gasteiger partial charge in [0.15, 0.2) is 5.82 Å². The largest absolute Gasteiger partial charge is 0.496 e. The molecule has 27 heteroatoms. The van der Waals surface area contributed by atoms with Gasteiger partial charge in [-0.2, -0.15) is 0 Å². The molecule has 6 aromatic heterocycles. The van der Waals surface area contributed by atoms with Crippen molar-refractivity contribution in [2.75, 3.05) is 107 Å². The van der Waals surface area contributed by atoms with Gasteiger partial charge in [0.2, 0.25) is 0 Å². The van der Waals surface area contributed by atoms with E-state index >= 15 is 0 Å². The molecule has 2 unspecified atom stereocenters. The van der Waals surface area contributed by atoms with Gasteiger partial charge in [0, 0.05) is 39.8 Å². The Kier molecular flexibility index (Phi) is 21.9. The predicted octanol–water partition coefficient (Wildman–Crippen LogP) is 6.58. The zero-order chi connectivity index (χ0) is 60.7. The van der Waals surface area contributed by atoms with E-state index in [1.54, 1.807) is 42.3 Å². The summed E-state index contributed by atoms with van der Waals surface area (Å²) in [6.07, 6.45) is 3.21. The number of pyridine rings is 2. The van der Waals surface area contributed by atoms with Crippen molar-refractivity contribution in [3.05, 3.63) is 133 Å². The second-order valence-corrected chi connectivity index (χ2v) is 21.1. The van der Waals surface area contributed by atoms with Crippen LogP contribution in [0.1, 0.15) is 80.6 Å². The summed E-state index contributed by atoms with van der Waals surface area (Å²) in [7, 11) is 2.90. The molecule has 0 radical (unpaired) electrons. The first-order valence-corrected chi connectivity index (χ1v) is 29.1. The number of carbonyl (C=O) groups excluding carboxylic acids is 3. The quantitative estimate of drug-likeness (QED) is 0.0256. The number of rotatable bonds is 32. The van der Waals surface area contributed by atoms with Gasteiger partial charge in [0.05, 0.1) is 163 Å². The second kappa shape index (κ2) is 30.0. The van der Waals surface area contributed by atoms with E-state index in [1.807, 2.05) is 75.6 Å². The molecule has 0 aliphatic carbocycles. The Hall–Kier alpha value is -7.79. The minimum absolute atomic E-state index is 0.0422. The van der Waals surface area contributed by atoms with Crippen LogP contribution < -0.4 is 21.2 Å². The number of amides is 2. The van der Waals surface area contributed by atoms with Crippen LogP contribution in [0.3, 0.4) is 0 Å². The third-order valence-electron chi connectivity index (χ3n) is 14.0. The second-order valence-electron chi connectivity index (χ2n) is 19.7. The number of nitrogens with one attached hydrogen (secondary N) is 2. The van der Waals surface area contributed by atoms with Gasteiger partial charge in [-0.3, -0.25) is 47.9 Å². The summed E-state index contributed by atoms with van der Waals surface area (Å²) in [5.41, 5.74) is 9.34. The molecule has 0 saturated carbocycles. The average Bonchev–Trinajstić information content (AvgIpc) is 2.78. The molecule has 2 aromatic carbocycles. The molecule has 1 aliphatic heterocycles. The number of aryl methyl sites for hydroxylation is 3. The highest BCUT2D eigenvalue weighted by molar-refractivity contribution is 7.17. The van der Waals surface area contributed by atoms with Crippen LogP contribution in [-0.2, 0) is 54.1 Å². The first-order valence-electron chi connectivity index (χ1n) is 27.9. The summed E-state index contributed by atoms with van der Waals surface area (Å²) >= 11 is 7.54. The van der Waals surface area contributed by atoms with Gasteiger partial charge in [-0.05, 0) is 76.6 Å². The Morgan fingerprint density at radius 2 is 1.47 bits per heavy atom. The topological polar surface area (TPSA) is 280 Å². The summed E-state index contributed by atoms with van der Waals surface area (Å²) in [5, 5.41) is 17.7. The van der Waals surface area contributed by atoms with Gasteiger partial charge in [-0.1, -0.05) is 35.0 Å². The number of methoxy groups -OCH3 is 2. The van der Waals surface area contributed by atoms with Crippen molar-refractivity contribution in [1.29, 1.82) is 0 Å². The number of aliphatic imine (C=N–C) groups is 1. The Balaban J connectivity index is 0.613. The molecule has 0 spiro atoms. The number of thiophene rings is 1. The number of aromatic nitrogens is 8. The third-order valence-corrected chi connectivity index (χ3v) is 15.6. The van der Waals surface area contributed by atoms with Crippen molar-refractivity contribution in [3.63, 3.8) is 0 Å². The normalized spacial score (nSPS) is 13.3. The molecule has 2 atom stereocenters. The van der Waals surface area contributed by atoms with Gasteiger partial charge < -0.3 is 47.7 Å². The Morgan fingerprint density at radius 3 is 2.08 bits per heavy atom. The fourth-order valence-corrected chi connectivity index (χ4v) is 11.3. The lowest BCUT2D eigenvalue weighted by Gasteiger charge is -2.15. The summed E-state index contributed by atoms with van der Waals surface area (Å²) < 4.78 is 54.8. The molecule has 2 amide bonds. The SMILES string of the molecule is COC(=O)CC1N=C(c2ccc(Cl)cc2)c2c(sc(C(=O)NCCOCCOCCOCCOCCOCCOCCONC(=O)Cn3c(=O)n(C(C)c4ccccn4)c4c5cc(OC)c(-c6c(C)noc6C)cc5ncc43)c2C)-n2c(C)nnc21. The third kappa shape index (κ3) is 14.7.